The highest BCUT2D eigenvalue weighted by Crippen LogP contribution is 2.22. The van der Waals surface area contributed by atoms with Crippen molar-refractivity contribution in [1.29, 1.82) is 0 Å². The molecule has 0 aliphatic carbocycles. The zero-order valence-corrected chi connectivity index (χ0v) is 17.1. The Balaban J connectivity index is 2.01. The Morgan fingerprint density at radius 2 is 2.07 bits per heavy atom. The number of sulfonamides is 1. The summed E-state index contributed by atoms with van der Waals surface area (Å²) in [5.41, 5.74) is 1.57. The van der Waals surface area contributed by atoms with Crippen LogP contribution in [0.3, 0.4) is 0 Å². The Morgan fingerprint density at radius 1 is 1.33 bits per heavy atom. The molecule has 8 heteroatoms. The lowest BCUT2D eigenvalue weighted by atomic mass is 9.98. The Bertz CT molecular complexity index is 779. The lowest BCUT2D eigenvalue weighted by Gasteiger charge is -2.31. The molecule has 0 radical (unpaired) electrons. The average Bonchev–Trinajstić information content (AvgIpc) is 2.62. The molecule has 0 aromatic heterocycles. The second kappa shape index (κ2) is 9.32. The maximum atomic E-state index is 12.6. The summed E-state index contributed by atoms with van der Waals surface area (Å²) in [6, 6.07) is 7.36. The predicted octanol–water partition coefficient (Wildman–Crippen LogP) is 2.06. The van der Waals surface area contributed by atoms with Gasteiger partial charge in [-0.15, -0.1) is 0 Å². The second-order valence-corrected chi connectivity index (χ2v) is 9.17. The smallest absolute Gasteiger partial charge is 0.228 e. The maximum Gasteiger partial charge on any atom is 0.228 e. The van der Waals surface area contributed by atoms with Crippen molar-refractivity contribution in [2.45, 2.75) is 39.7 Å². The molecule has 1 heterocycles. The van der Waals surface area contributed by atoms with Gasteiger partial charge in [-0.05, 0) is 37.0 Å². The fourth-order valence-electron chi connectivity index (χ4n) is 3.17. The van der Waals surface area contributed by atoms with Gasteiger partial charge in [-0.3, -0.25) is 9.59 Å². The molecule has 0 bridgehead atoms. The standard InChI is InChI=1S/C19H29N3O4S/c1-4-11-27(25,26)22-10-6-8-17(14-22)19(24)20-18-9-5-7-16(12-18)13-21(3)15(2)23/h5,7,9,12,17H,4,6,8,10-11,13-14H2,1-3H3,(H,20,24). The number of anilines is 1. The maximum absolute atomic E-state index is 12.6. The van der Waals surface area contributed by atoms with Gasteiger partial charge in [0.15, 0.2) is 0 Å². The van der Waals surface area contributed by atoms with Crippen LogP contribution in [-0.2, 0) is 26.2 Å². The molecular weight excluding hydrogens is 366 g/mol. The van der Waals surface area contributed by atoms with E-state index in [2.05, 4.69) is 5.32 Å². The number of hydrogen-bond acceptors (Lipinski definition) is 4. The van der Waals surface area contributed by atoms with Gasteiger partial charge in [0.2, 0.25) is 21.8 Å². The van der Waals surface area contributed by atoms with Crippen LogP contribution in [0.2, 0.25) is 0 Å². The second-order valence-electron chi connectivity index (χ2n) is 7.08. The third-order valence-electron chi connectivity index (χ3n) is 4.76. The quantitative estimate of drug-likeness (QED) is 0.766. The van der Waals surface area contributed by atoms with Crippen molar-refractivity contribution in [2.75, 3.05) is 31.2 Å². The van der Waals surface area contributed by atoms with Crippen LogP contribution in [0.1, 0.15) is 38.7 Å². The van der Waals surface area contributed by atoms with Gasteiger partial charge in [-0.1, -0.05) is 19.1 Å². The molecule has 1 aliphatic rings. The number of carbonyl (C=O) groups excluding carboxylic acids is 2. The monoisotopic (exact) mass is 395 g/mol. The van der Waals surface area contributed by atoms with E-state index < -0.39 is 10.0 Å². The first kappa shape index (κ1) is 21.4. The Morgan fingerprint density at radius 3 is 2.74 bits per heavy atom. The first-order valence-corrected chi connectivity index (χ1v) is 10.9. The molecule has 150 valence electrons. The molecule has 2 rings (SSSR count). The van der Waals surface area contributed by atoms with Crippen LogP contribution in [0.5, 0.6) is 0 Å². The lowest BCUT2D eigenvalue weighted by Crippen LogP contribution is -2.44. The van der Waals surface area contributed by atoms with Crippen LogP contribution >= 0.6 is 0 Å². The van der Waals surface area contributed by atoms with Crippen LogP contribution in [0.4, 0.5) is 5.69 Å². The summed E-state index contributed by atoms with van der Waals surface area (Å²) in [4.78, 5) is 25.6. The highest BCUT2D eigenvalue weighted by Gasteiger charge is 2.31. The Kier molecular flexibility index (Phi) is 7.38. The van der Waals surface area contributed by atoms with Crippen molar-refractivity contribution < 1.29 is 18.0 Å². The largest absolute Gasteiger partial charge is 0.342 e. The fourth-order valence-corrected chi connectivity index (χ4v) is 4.76. The van der Waals surface area contributed by atoms with Gasteiger partial charge in [0.25, 0.3) is 0 Å². The third kappa shape index (κ3) is 6.04. The van der Waals surface area contributed by atoms with Gasteiger partial charge in [0, 0.05) is 39.3 Å². The molecule has 1 aromatic rings. The fraction of sp³-hybridized carbons (Fsp3) is 0.579. The molecular formula is C19H29N3O4S. The number of hydrogen-bond donors (Lipinski definition) is 1. The van der Waals surface area contributed by atoms with Gasteiger partial charge >= 0.3 is 0 Å². The molecule has 0 spiro atoms. The summed E-state index contributed by atoms with van der Waals surface area (Å²) < 4.78 is 26.0. The van der Waals surface area contributed by atoms with Crippen molar-refractivity contribution >= 4 is 27.5 Å². The van der Waals surface area contributed by atoms with E-state index in [1.54, 1.807) is 18.0 Å². The predicted molar refractivity (Wildman–Crippen MR) is 106 cm³/mol. The molecule has 2 amide bonds. The van der Waals surface area contributed by atoms with Crippen molar-refractivity contribution in [3.8, 4) is 0 Å². The average molecular weight is 396 g/mol. The third-order valence-corrected chi connectivity index (χ3v) is 6.80. The first-order chi connectivity index (χ1) is 12.7. The van der Waals surface area contributed by atoms with Crippen molar-refractivity contribution in [1.82, 2.24) is 9.21 Å². The number of nitrogens with zero attached hydrogens (tertiary/aromatic N) is 2. The molecule has 1 unspecified atom stereocenters. The number of carbonyl (C=O) groups is 2. The van der Waals surface area contributed by atoms with E-state index in [0.717, 1.165) is 5.56 Å². The lowest BCUT2D eigenvalue weighted by molar-refractivity contribution is -0.128. The van der Waals surface area contributed by atoms with Gasteiger partial charge in [0.1, 0.15) is 0 Å². The van der Waals surface area contributed by atoms with E-state index in [1.807, 2.05) is 25.1 Å². The summed E-state index contributed by atoms with van der Waals surface area (Å²) in [6.07, 6.45) is 1.93. The molecule has 1 atom stereocenters. The summed E-state index contributed by atoms with van der Waals surface area (Å²) in [7, 11) is -1.56. The van der Waals surface area contributed by atoms with Crippen LogP contribution in [-0.4, -0.2) is 55.3 Å². The number of amides is 2. The minimum atomic E-state index is -3.29. The van der Waals surface area contributed by atoms with Crippen LogP contribution in [0, 0.1) is 5.92 Å². The minimum Gasteiger partial charge on any atom is -0.342 e. The highest BCUT2D eigenvalue weighted by molar-refractivity contribution is 7.89. The van der Waals surface area contributed by atoms with E-state index in [9.17, 15) is 18.0 Å². The minimum absolute atomic E-state index is 0.0278. The van der Waals surface area contributed by atoms with E-state index in [-0.39, 0.29) is 30.0 Å². The molecule has 1 aliphatic heterocycles. The summed E-state index contributed by atoms with van der Waals surface area (Å²) >= 11 is 0. The molecule has 1 fully saturated rings. The van der Waals surface area contributed by atoms with Crippen LogP contribution < -0.4 is 5.32 Å². The topological polar surface area (TPSA) is 86.8 Å². The normalized spacial score (nSPS) is 18.1. The van der Waals surface area contributed by atoms with Crippen molar-refractivity contribution in [3.05, 3.63) is 29.8 Å². The summed E-state index contributed by atoms with van der Waals surface area (Å²) in [5.74, 6) is -0.426. The zero-order chi connectivity index (χ0) is 20.0. The Labute approximate surface area is 161 Å². The van der Waals surface area contributed by atoms with Gasteiger partial charge in [-0.25, -0.2) is 12.7 Å². The SMILES string of the molecule is CCCS(=O)(=O)N1CCCC(C(=O)Nc2cccc(CN(C)C(C)=O)c2)C1. The van der Waals surface area contributed by atoms with E-state index in [1.165, 1.54) is 11.2 Å². The van der Waals surface area contributed by atoms with Gasteiger partial charge < -0.3 is 10.2 Å². The van der Waals surface area contributed by atoms with E-state index in [4.69, 9.17) is 0 Å². The first-order valence-electron chi connectivity index (χ1n) is 9.32. The molecule has 7 nitrogen and oxygen atoms in total. The summed E-state index contributed by atoms with van der Waals surface area (Å²) in [6.45, 7) is 4.53. The molecule has 0 saturated carbocycles. The Hall–Kier alpha value is -1.93. The molecule has 1 saturated heterocycles. The van der Waals surface area contributed by atoms with E-state index in [0.29, 0.717) is 38.0 Å². The van der Waals surface area contributed by atoms with Crippen LogP contribution in [0.15, 0.2) is 24.3 Å². The zero-order valence-electron chi connectivity index (χ0n) is 16.3. The molecule has 1 N–H and O–H groups in total. The van der Waals surface area contributed by atoms with Crippen molar-refractivity contribution in [2.24, 2.45) is 5.92 Å². The van der Waals surface area contributed by atoms with Gasteiger partial charge in [-0.2, -0.15) is 0 Å². The van der Waals surface area contributed by atoms with Crippen molar-refractivity contribution in [3.63, 3.8) is 0 Å². The number of rotatable bonds is 7. The number of piperidine rings is 1. The number of nitrogens with one attached hydrogen (secondary N) is 1. The summed E-state index contributed by atoms with van der Waals surface area (Å²) in [5, 5.41) is 2.89. The highest BCUT2D eigenvalue weighted by atomic mass is 32.2. The number of benzene rings is 1. The molecule has 1 aromatic carbocycles. The van der Waals surface area contributed by atoms with Crippen LogP contribution in [0.25, 0.3) is 0 Å². The molecule has 27 heavy (non-hydrogen) atoms. The van der Waals surface area contributed by atoms with Gasteiger partial charge in [0.05, 0.1) is 11.7 Å². The van der Waals surface area contributed by atoms with E-state index >= 15 is 0 Å².